The van der Waals surface area contributed by atoms with Crippen LogP contribution in [0, 0.1) is 0 Å². The normalized spacial score (nSPS) is 18.6. The maximum Gasteiger partial charge on any atom is 0.225 e. The number of benzene rings is 1. The highest BCUT2D eigenvalue weighted by molar-refractivity contribution is 5.93. The SMILES string of the molecule is NCCC(=O)Nc1ccc2nc(C3CCCO3)[nH]c2c1. The van der Waals surface area contributed by atoms with Crippen molar-refractivity contribution in [2.75, 3.05) is 18.5 Å². The topological polar surface area (TPSA) is 93.0 Å². The van der Waals surface area contributed by atoms with E-state index >= 15 is 0 Å². The van der Waals surface area contributed by atoms with E-state index in [9.17, 15) is 4.79 Å². The molecule has 0 radical (unpaired) electrons. The minimum absolute atomic E-state index is 0.0673. The van der Waals surface area contributed by atoms with E-state index in [2.05, 4.69) is 15.3 Å². The molecule has 0 saturated carbocycles. The Morgan fingerprint density at radius 1 is 1.55 bits per heavy atom. The lowest BCUT2D eigenvalue weighted by Crippen LogP contribution is -2.16. The second-order valence-electron chi connectivity index (χ2n) is 4.94. The molecule has 20 heavy (non-hydrogen) atoms. The van der Waals surface area contributed by atoms with Crippen molar-refractivity contribution < 1.29 is 9.53 Å². The second kappa shape index (κ2) is 5.60. The lowest BCUT2D eigenvalue weighted by molar-refractivity contribution is -0.116. The number of carbonyl (C=O) groups excluding carboxylic acids is 1. The average molecular weight is 274 g/mol. The van der Waals surface area contributed by atoms with Crippen LogP contribution in [-0.4, -0.2) is 29.0 Å². The summed E-state index contributed by atoms with van der Waals surface area (Å²) < 4.78 is 5.62. The molecule has 4 N–H and O–H groups in total. The molecule has 1 aliphatic rings. The lowest BCUT2D eigenvalue weighted by atomic mass is 10.2. The highest BCUT2D eigenvalue weighted by Gasteiger charge is 2.21. The number of carbonyl (C=O) groups is 1. The number of aromatic nitrogens is 2. The number of amides is 1. The van der Waals surface area contributed by atoms with E-state index in [1.54, 1.807) is 0 Å². The van der Waals surface area contributed by atoms with E-state index in [0.29, 0.717) is 13.0 Å². The summed E-state index contributed by atoms with van der Waals surface area (Å²) in [4.78, 5) is 19.3. The number of nitrogens with two attached hydrogens (primary N) is 1. The predicted octanol–water partition coefficient (Wildman–Crippen LogP) is 1.70. The maximum atomic E-state index is 11.5. The van der Waals surface area contributed by atoms with E-state index < -0.39 is 0 Å². The molecule has 1 aromatic heterocycles. The fourth-order valence-corrected chi connectivity index (χ4v) is 2.41. The molecular weight excluding hydrogens is 256 g/mol. The van der Waals surface area contributed by atoms with Crippen LogP contribution in [0.15, 0.2) is 18.2 Å². The molecule has 1 saturated heterocycles. The molecule has 1 fully saturated rings. The van der Waals surface area contributed by atoms with Gasteiger partial charge in [0.15, 0.2) is 0 Å². The van der Waals surface area contributed by atoms with Gasteiger partial charge in [0.1, 0.15) is 11.9 Å². The fourth-order valence-electron chi connectivity index (χ4n) is 2.41. The van der Waals surface area contributed by atoms with Crippen molar-refractivity contribution in [3.8, 4) is 0 Å². The van der Waals surface area contributed by atoms with Crippen molar-refractivity contribution >= 4 is 22.6 Å². The monoisotopic (exact) mass is 274 g/mol. The van der Waals surface area contributed by atoms with Gasteiger partial charge in [-0.3, -0.25) is 4.79 Å². The number of rotatable bonds is 4. The quantitative estimate of drug-likeness (QED) is 0.791. The molecule has 0 bridgehead atoms. The van der Waals surface area contributed by atoms with Crippen LogP contribution in [0.25, 0.3) is 11.0 Å². The summed E-state index contributed by atoms with van der Waals surface area (Å²) in [5.74, 6) is 0.786. The highest BCUT2D eigenvalue weighted by atomic mass is 16.5. The standard InChI is InChI=1S/C14H18N4O2/c15-6-5-13(19)16-9-3-4-10-11(8-9)18-14(17-10)12-2-1-7-20-12/h3-4,8,12H,1-2,5-7,15H2,(H,16,19)(H,17,18). The summed E-state index contributed by atoms with van der Waals surface area (Å²) in [6, 6.07) is 5.62. The van der Waals surface area contributed by atoms with Crippen molar-refractivity contribution in [3.05, 3.63) is 24.0 Å². The molecule has 6 heteroatoms. The Bertz CT molecular complexity index is 617. The Labute approximate surface area is 116 Å². The van der Waals surface area contributed by atoms with Gasteiger partial charge < -0.3 is 20.8 Å². The summed E-state index contributed by atoms with van der Waals surface area (Å²) in [5.41, 5.74) is 7.89. The van der Waals surface area contributed by atoms with Crippen LogP contribution in [0.1, 0.15) is 31.2 Å². The molecule has 1 unspecified atom stereocenters. The molecule has 1 amide bonds. The molecular formula is C14H18N4O2. The van der Waals surface area contributed by atoms with Crippen molar-refractivity contribution in [2.45, 2.75) is 25.4 Å². The van der Waals surface area contributed by atoms with Crippen LogP contribution in [0.3, 0.4) is 0 Å². The number of imidazole rings is 1. The van der Waals surface area contributed by atoms with Crippen LogP contribution in [0.4, 0.5) is 5.69 Å². The van der Waals surface area contributed by atoms with E-state index in [-0.39, 0.29) is 12.0 Å². The van der Waals surface area contributed by atoms with Gasteiger partial charge in [0.2, 0.25) is 5.91 Å². The van der Waals surface area contributed by atoms with Gasteiger partial charge >= 0.3 is 0 Å². The average Bonchev–Trinajstić information content (AvgIpc) is 3.07. The Morgan fingerprint density at radius 2 is 2.45 bits per heavy atom. The number of hydrogen-bond acceptors (Lipinski definition) is 4. The van der Waals surface area contributed by atoms with Crippen molar-refractivity contribution in [1.82, 2.24) is 9.97 Å². The van der Waals surface area contributed by atoms with Gasteiger partial charge in [0.05, 0.1) is 11.0 Å². The van der Waals surface area contributed by atoms with Crippen LogP contribution < -0.4 is 11.1 Å². The van der Waals surface area contributed by atoms with Crippen LogP contribution in [0.5, 0.6) is 0 Å². The molecule has 1 aromatic carbocycles. The maximum absolute atomic E-state index is 11.5. The van der Waals surface area contributed by atoms with Gasteiger partial charge in [-0.25, -0.2) is 4.98 Å². The molecule has 0 spiro atoms. The first kappa shape index (κ1) is 13.1. The van der Waals surface area contributed by atoms with Gasteiger partial charge in [-0.05, 0) is 31.0 Å². The zero-order valence-corrected chi connectivity index (χ0v) is 11.2. The zero-order chi connectivity index (χ0) is 13.9. The van der Waals surface area contributed by atoms with Crippen LogP contribution in [0.2, 0.25) is 0 Å². The summed E-state index contributed by atoms with van der Waals surface area (Å²) >= 11 is 0. The smallest absolute Gasteiger partial charge is 0.225 e. The molecule has 0 aliphatic carbocycles. The predicted molar refractivity (Wildman–Crippen MR) is 76.3 cm³/mol. The van der Waals surface area contributed by atoms with Gasteiger partial charge in [-0.15, -0.1) is 0 Å². The summed E-state index contributed by atoms with van der Waals surface area (Å²) in [6.45, 7) is 1.14. The molecule has 1 aliphatic heterocycles. The Morgan fingerprint density at radius 3 is 3.20 bits per heavy atom. The molecule has 6 nitrogen and oxygen atoms in total. The lowest BCUT2D eigenvalue weighted by Gasteiger charge is -2.04. The number of fused-ring (bicyclic) bond motifs is 1. The number of hydrogen-bond donors (Lipinski definition) is 3. The summed E-state index contributed by atoms with van der Waals surface area (Å²) in [7, 11) is 0. The van der Waals surface area contributed by atoms with Crippen molar-refractivity contribution in [3.63, 3.8) is 0 Å². The minimum atomic E-state index is -0.0780. The molecule has 2 heterocycles. The third-order valence-electron chi connectivity index (χ3n) is 3.39. The highest BCUT2D eigenvalue weighted by Crippen LogP contribution is 2.28. The van der Waals surface area contributed by atoms with E-state index in [4.69, 9.17) is 10.5 Å². The van der Waals surface area contributed by atoms with Crippen LogP contribution >= 0.6 is 0 Å². The molecule has 2 aromatic rings. The van der Waals surface area contributed by atoms with Crippen molar-refractivity contribution in [2.24, 2.45) is 5.73 Å². The van der Waals surface area contributed by atoms with Crippen molar-refractivity contribution in [1.29, 1.82) is 0 Å². The number of nitrogens with zero attached hydrogens (tertiary/aromatic N) is 1. The first-order chi connectivity index (χ1) is 9.76. The summed E-state index contributed by atoms with van der Waals surface area (Å²) in [5, 5.41) is 2.82. The Hall–Kier alpha value is -1.92. The Balaban J connectivity index is 1.81. The first-order valence-electron chi connectivity index (χ1n) is 6.87. The number of aromatic amines is 1. The van der Waals surface area contributed by atoms with Crippen LogP contribution in [-0.2, 0) is 9.53 Å². The number of anilines is 1. The second-order valence-corrected chi connectivity index (χ2v) is 4.94. The number of H-pyrrole nitrogens is 1. The number of nitrogens with one attached hydrogen (secondary N) is 2. The largest absolute Gasteiger partial charge is 0.370 e. The Kier molecular flexibility index (Phi) is 3.66. The first-order valence-corrected chi connectivity index (χ1v) is 6.87. The zero-order valence-electron chi connectivity index (χ0n) is 11.2. The molecule has 1 atom stereocenters. The van der Waals surface area contributed by atoms with Gasteiger partial charge in [0, 0.05) is 25.3 Å². The van der Waals surface area contributed by atoms with E-state index in [1.165, 1.54) is 0 Å². The summed E-state index contributed by atoms with van der Waals surface area (Å²) in [6.07, 6.45) is 2.46. The third kappa shape index (κ3) is 2.66. The fraction of sp³-hybridized carbons (Fsp3) is 0.429. The van der Waals surface area contributed by atoms with E-state index in [0.717, 1.165) is 42.0 Å². The van der Waals surface area contributed by atoms with E-state index in [1.807, 2.05) is 18.2 Å². The molecule has 106 valence electrons. The third-order valence-corrected chi connectivity index (χ3v) is 3.39. The molecule has 3 rings (SSSR count). The van der Waals surface area contributed by atoms with Gasteiger partial charge in [0.25, 0.3) is 0 Å². The number of ether oxygens (including phenoxy) is 1. The van der Waals surface area contributed by atoms with Gasteiger partial charge in [-0.2, -0.15) is 0 Å². The minimum Gasteiger partial charge on any atom is -0.370 e. The van der Waals surface area contributed by atoms with Gasteiger partial charge in [-0.1, -0.05) is 0 Å².